The predicted molar refractivity (Wildman–Crippen MR) is 65.3 cm³/mol. The number of nitrogens with zero attached hydrogens (tertiary/aromatic N) is 2. The average molecular weight is 220 g/mol. The first-order chi connectivity index (χ1) is 7.68. The highest BCUT2D eigenvalue weighted by Gasteiger charge is 2.31. The van der Waals surface area contributed by atoms with Crippen LogP contribution in [0.25, 0.3) is 0 Å². The summed E-state index contributed by atoms with van der Waals surface area (Å²) >= 11 is 0. The van der Waals surface area contributed by atoms with Crippen molar-refractivity contribution in [3.63, 3.8) is 0 Å². The maximum atomic E-state index is 4.02. The van der Waals surface area contributed by atoms with Crippen molar-refractivity contribution in [2.24, 2.45) is 5.41 Å². The minimum Gasteiger partial charge on any atom is -0.367 e. The topological polar surface area (TPSA) is 49.8 Å². The van der Waals surface area contributed by atoms with Crippen molar-refractivity contribution in [2.45, 2.75) is 32.7 Å². The van der Waals surface area contributed by atoms with Crippen LogP contribution < -0.4 is 10.6 Å². The Balaban J connectivity index is 1.90. The van der Waals surface area contributed by atoms with Gasteiger partial charge in [0, 0.05) is 18.8 Å². The van der Waals surface area contributed by atoms with Crippen molar-refractivity contribution in [3.8, 4) is 0 Å². The monoisotopic (exact) mass is 220 g/mol. The lowest BCUT2D eigenvalue weighted by Crippen LogP contribution is -2.50. The largest absolute Gasteiger partial charge is 0.367 e. The third-order valence-corrected chi connectivity index (χ3v) is 3.39. The maximum absolute atomic E-state index is 4.02. The molecule has 2 rings (SSSR count). The summed E-state index contributed by atoms with van der Waals surface area (Å²) < 4.78 is 0. The van der Waals surface area contributed by atoms with Gasteiger partial charge in [-0.1, -0.05) is 13.8 Å². The van der Waals surface area contributed by atoms with Gasteiger partial charge in [0.25, 0.3) is 0 Å². The molecule has 1 aliphatic heterocycles. The first-order valence-corrected chi connectivity index (χ1v) is 5.93. The van der Waals surface area contributed by atoms with Gasteiger partial charge in [0.05, 0.1) is 0 Å². The number of aromatic nitrogens is 2. The van der Waals surface area contributed by atoms with Gasteiger partial charge in [-0.15, -0.1) is 5.10 Å². The highest BCUT2D eigenvalue weighted by atomic mass is 15.2. The summed E-state index contributed by atoms with van der Waals surface area (Å²) in [5.41, 5.74) is 0.355. The second-order valence-electron chi connectivity index (χ2n) is 5.09. The second kappa shape index (κ2) is 4.78. The van der Waals surface area contributed by atoms with Crippen LogP contribution in [-0.2, 0) is 0 Å². The van der Waals surface area contributed by atoms with Crippen LogP contribution in [0.1, 0.15) is 26.7 Å². The fourth-order valence-corrected chi connectivity index (χ4v) is 2.22. The fraction of sp³-hybridized carbons (Fsp3) is 0.667. The van der Waals surface area contributed by atoms with Crippen LogP contribution in [0.4, 0.5) is 5.82 Å². The van der Waals surface area contributed by atoms with E-state index in [2.05, 4.69) is 34.7 Å². The zero-order valence-electron chi connectivity index (χ0n) is 10.0. The van der Waals surface area contributed by atoms with Crippen molar-refractivity contribution in [3.05, 3.63) is 18.3 Å². The second-order valence-corrected chi connectivity index (χ2v) is 5.09. The Morgan fingerprint density at radius 3 is 3.12 bits per heavy atom. The van der Waals surface area contributed by atoms with E-state index < -0.39 is 0 Å². The van der Waals surface area contributed by atoms with Crippen LogP contribution in [0.2, 0.25) is 0 Å². The maximum Gasteiger partial charge on any atom is 0.148 e. The molecule has 1 saturated heterocycles. The van der Waals surface area contributed by atoms with E-state index in [1.807, 2.05) is 12.1 Å². The highest BCUT2D eigenvalue weighted by Crippen LogP contribution is 2.29. The molecule has 1 aromatic rings. The van der Waals surface area contributed by atoms with Gasteiger partial charge < -0.3 is 10.6 Å². The molecule has 2 N–H and O–H groups in total. The Morgan fingerprint density at radius 2 is 2.44 bits per heavy atom. The quantitative estimate of drug-likeness (QED) is 0.813. The Bertz CT molecular complexity index is 323. The molecule has 2 heterocycles. The molecule has 0 radical (unpaired) electrons. The van der Waals surface area contributed by atoms with E-state index in [9.17, 15) is 0 Å². The molecule has 0 saturated carbocycles. The van der Waals surface area contributed by atoms with Crippen molar-refractivity contribution in [1.82, 2.24) is 15.5 Å². The van der Waals surface area contributed by atoms with Crippen LogP contribution in [0.3, 0.4) is 0 Å². The number of hydrogen-bond acceptors (Lipinski definition) is 4. The van der Waals surface area contributed by atoms with Gasteiger partial charge in [0.15, 0.2) is 0 Å². The SMILES string of the molecule is CC1(C)CCCNC1CNc1cccnn1. The molecule has 1 aliphatic rings. The molecule has 4 nitrogen and oxygen atoms in total. The first-order valence-electron chi connectivity index (χ1n) is 5.93. The summed E-state index contributed by atoms with van der Waals surface area (Å²) in [6, 6.07) is 4.35. The third-order valence-electron chi connectivity index (χ3n) is 3.39. The molecule has 1 fully saturated rings. The zero-order chi connectivity index (χ0) is 11.4. The predicted octanol–water partition coefficient (Wildman–Crippen LogP) is 1.67. The van der Waals surface area contributed by atoms with Gasteiger partial charge >= 0.3 is 0 Å². The lowest BCUT2D eigenvalue weighted by molar-refractivity contribution is 0.188. The minimum atomic E-state index is 0.355. The molecule has 16 heavy (non-hydrogen) atoms. The summed E-state index contributed by atoms with van der Waals surface area (Å²) in [7, 11) is 0. The van der Waals surface area contributed by atoms with Crippen LogP contribution in [0, 0.1) is 5.41 Å². The molecule has 0 amide bonds. The van der Waals surface area contributed by atoms with Crippen LogP contribution in [0.5, 0.6) is 0 Å². The van der Waals surface area contributed by atoms with Gasteiger partial charge in [-0.05, 0) is 36.9 Å². The van der Waals surface area contributed by atoms with Crippen molar-refractivity contribution in [1.29, 1.82) is 0 Å². The molecule has 4 heteroatoms. The standard InChI is InChI=1S/C12H20N4/c1-12(2)6-4-7-13-10(12)9-14-11-5-3-8-15-16-11/h3,5,8,10,13H,4,6-7,9H2,1-2H3,(H,14,16). The molecular weight excluding hydrogens is 200 g/mol. The number of piperidine rings is 1. The lowest BCUT2D eigenvalue weighted by Gasteiger charge is -2.39. The number of rotatable bonds is 3. The normalized spacial score (nSPS) is 24.0. The average Bonchev–Trinajstić information content (AvgIpc) is 2.28. The van der Waals surface area contributed by atoms with Gasteiger partial charge in [0.1, 0.15) is 5.82 Å². The smallest absolute Gasteiger partial charge is 0.148 e. The van der Waals surface area contributed by atoms with E-state index in [0.29, 0.717) is 11.5 Å². The molecule has 1 aromatic heterocycles. The lowest BCUT2D eigenvalue weighted by atomic mass is 9.77. The van der Waals surface area contributed by atoms with Crippen molar-refractivity contribution >= 4 is 5.82 Å². The van der Waals surface area contributed by atoms with E-state index >= 15 is 0 Å². The summed E-state index contributed by atoms with van der Waals surface area (Å²) in [5, 5.41) is 14.8. The molecule has 0 aromatic carbocycles. The zero-order valence-corrected chi connectivity index (χ0v) is 10.0. The number of anilines is 1. The fourth-order valence-electron chi connectivity index (χ4n) is 2.22. The van der Waals surface area contributed by atoms with Crippen LogP contribution in [0.15, 0.2) is 18.3 Å². The molecular formula is C12H20N4. The number of hydrogen-bond donors (Lipinski definition) is 2. The summed E-state index contributed by atoms with van der Waals surface area (Å²) in [6.45, 7) is 6.67. The van der Waals surface area contributed by atoms with Gasteiger partial charge in [-0.3, -0.25) is 0 Å². The Hall–Kier alpha value is -1.16. The first kappa shape index (κ1) is 11.3. The van der Waals surface area contributed by atoms with E-state index in [1.165, 1.54) is 12.8 Å². The van der Waals surface area contributed by atoms with Gasteiger partial charge in [0.2, 0.25) is 0 Å². The molecule has 0 bridgehead atoms. The summed E-state index contributed by atoms with van der Waals surface area (Å²) in [5.74, 6) is 0.852. The summed E-state index contributed by atoms with van der Waals surface area (Å²) in [6.07, 6.45) is 4.25. The van der Waals surface area contributed by atoms with E-state index in [4.69, 9.17) is 0 Å². The summed E-state index contributed by atoms with van der Waals surface area (Å²) in [4.78, 5) is 0. The molecule has 0 aliphatic carbocycles. The van der Waals surface area contributed by atoms with Crippen molar-refractivity contribution in [2.75, 3.05) is 18.4 Å². The van der Waals surface area contributed by atoms with Gasteiger partial charge in [-0.2, -0.15) is 5.10 Å². The highest BCUT2D eigenvalue weighted by molar-refractivity contribution is 5.31. The Labute approximate surface area is 96.9 Å². The van der Waals surface area contributed by atoms with E-state index in [0.717, 1.165) is 18.9 Å². The molecule has 88 valence electrons. The molecule has 0 spiro atoms. The van der Waals surface area contributed by atoms with Gasteiger partial charge in [-0.25, -0.2) is 0 Å². The minimum absolute atomic E-state index is 0.355. The number of nitrogens with one attached hydrogen (secondary N) is 2. The Kier molecular flexibility index (Phi) is 3.39. The molecule has 1 atom stereocenters. The van der Waals surface area contributed by atoms with Crippen LogP contribution >= 0.6 is 0 Å². The molecule has 1 unspecified atom stereocenters. The third kappa shape index (κ3) is 2.70. The van der Waals surface area contributed by atoms with E-state index in [1.54, 1.807) is 6.20 Å². The van der Waals surface area contributed by atoms with E-state index in [-0.39, 0.29) is 0 Å². The van der Waals surface area contributed by atoms with Crippen LogP contribution in [-0.4, -0.2) is 29.3 Å². The Morgan fingerprint density at radius 1 is 1.56 bits per heavy atom. The van der Waals surface area contributed by atoms with Crippen molar-refractivity contribution < 1.29 is 0 Å².